The fourth-order valence-corrected chi connectivity index (χ4v) is 2.55. The number of hydrogen-bond acceptors (Lipinski definition) is 6. The molecule has 7 nitrogen and oxygen atoms in total. The van der Waals surface area contributed by atoms with E-state index in [2.05, 4.69) is 25.9 Å². The maximum atomic E-state index is 12.6. The molecule has 0 radical (unpaired) electrons. The van der Waals surface area contributed by atoms with Crippen molar-refractivity contribution in [3.63, 3.8) is 0 Å². The molecule has 4 rings (SSSR count). The molecule has 3 heterocycles. The van der Waals surface area contributed by atoms with Gasteiger partial charge in [-0.25, -0.2) is 0 Å². The zero-order valence-electron chi connectivity index (χ0n) is 12.6. The Bertz CT molecular complexity index is 942. The number of nitrogens with zero attached hydrogens (tertiary/aromatic N) is 3. The monoisotopic (exact) mass is 325 g/mol. The number of H-pyrrole nitrogens is 1. The molecule has 9 heteroatoms. The normalized spacial score (nSPS) is 12.6. The van der Waals surface area contributed by atoms with Crippen molar-refractivity contribution in [3.8, 4) is 11.4 Å². The van der Waals surface area contributed by atoms with Crippen molar-refractivity contribution < 1.29 is 35.4 Å². The molecule has 106 valence electrons. The molecule has 0 fully saturated rings. The molecule has 1 aromatic carbocycles. The van der Waals surface area contributed by atoms with Gasteiger partial charge in [-0.2, -0.15) is 5.21 Å². The van der Waals surface area contributed by atoms with Gasteiger partial charge in [-0.1, -0.05) is 17.7 Å². The number of rotatable bonds is 1. The number of halogens is 1. The van der Waals surface area contributed by atoms with Crippen LogP contribution in [0.25, 0.3) is 28.4 Å². The second-order valence-corrected chi connectivity index (χ2v) is 4.93. The van der Waals surface area contributed by atoms with Gasteiger partial charge < -0.3 is 11.2 Å². The van der Waals surface area contributed by atoms with Crippen LogP contribution in [0.15, 0.2) is 27.4 Å². The number of aromatic amines is 1. The van der Waals surface area contributed by atoms with Crippen molar-refractivity contribution in [3.05, 3.63) is 39.0 Å². The maximum absolute atomic E-state index is 12.6. The van der Waals surface area contributed by atoms with Crippen LogP contribution in [0.1, 0.15) is 6.99 Å². The van der Waals surface area contributed by atoms with Gasteiger partial charge in [-0.15, -0.1) is 10.2 Å². The van der Waals surface area contributed by atoms with Gasteiger partial charge in [-0.3, -0.25) is 4.79 Å². The Balaban J connectivity index is 0.000000960. The minimum absolute atomic E-state index is 0. The molecule has 1 aliphatic heterocycles. The predicted octanol–water partition coefficient (Wildman–Crippen LogP) is -0.818. The van der Waals surface area contributed by atoms with E-state index in [4.69, 9.17) is 16.0 Å². The Kier molecular flexibility index (Phi) is 4.05. The molecular weight excluding hydrogens is 317 g/mol. The number of tetrazole rings is 1. The van der Waals surface area contributed by atoms with Crippen LogP contribution in [-0.4, -0.2) is 27.2 Å². The zero-order valence-corrected chi connectivity index (χ0v) is 14.3. The molecule has 0 atom stereocenters. The van der Waals surface area contributed by atoms with Crippen LogP contribution in [0.2, 0.25) is 5.02 Å². The Hall–Kier alpha value is -1.67. The largest absolute Gasteiger partial charge is 1.00 e. The molecule has 1 aliphatic rings. The molecule has 0 unspecified atom stereocenters. The molecule has 0 saturated heterocycles. The van der Waals surface area contributed by atoms with E-state index in [9.17, 15) is 4.79 Å². The summed E-state index contributed by atoms with van der Waals surface area (Å²) in [6, 6.07) is 3.30. The van der Waals surface area contributed by atoms with Crippen molar-refractivity contribution in [2.24, 2.45) is 0 Å². The van der Waals surface area contributed by atoms with Crippen molar-refractivity contribution in [2.45, 2.75) is 0 Å². The van der Waals surface area contributed by atoms with Crippen molar-refractivity contribution in [1.82, 2.24) is 20.6 Å². The first kappa shape index (κ1) is 15.2. The number of anilines is 1. The van der Waals surface area contributed by atoms with Gasteiger partial charge in [0.25, 0.3) is 0 Å². The van der Waals surface area contributed by atoms with Gasteiger partial charge in [0, 0.05) is 12.1 Å². The summed E-state index contributed by atoms with van der Waals surface area (Å²) in [5, 5.41) is 17.4. The van der Waals surface area contributed by atoms with Gasteiger partial charge in [-0.05, 0) is 23.4 Å². The molecule has 0 amide bonds. The maximum Gasteiger partial charge on any atom is 1.00 e. The number of nitrogens with one attached hydrogen (secondary N) is 2. The quantitative estimate of drug-likeness (QED) is 0.568. The summed E-state index contributed by atoms with van der Waals surface area (Å²) in [6.45, 7) is 0.611. The molecule has 0 saturated carbocycles. The SMILES string of the molecule is O=c1c2c(oc3c(Cl)cc(-c4nn[nH]n4)cc13)NCC=C2.[H-].[Na+]. The van der Waals surface area contributed by atoms with Crippen LogP contribution in [0.5, 0.6) is 0 Å². The average Bonchev–Trinajstić information content (AvgIpc) is 3.03. The summed E-state index contributed by atoms with van der Waals surface area (Å²) in [6.07, 6.45) is 3.60. The van der Waals surface area contributed by atoms with E-state index in [0.29, 0.717) is 45.4 Å². The summed E-state index contributed by atoms with van der Waals surface area (Å²) >= 11 is 6.23. The molecule has 2 N–H and O–H groups in total. The van der Waals surface area contributed by atoms with Crippen molar-refractivity contribution >= 4 is 34.5 Å². The van der Waals surface area contributed by atoms with Gasteiger partial charge in [0.05, 0.1) is 16.0 Å². The van der Waals surface area contributed by atoms with E-state index in [-0.39, 0.29) is 36.4 Å². The van der Waals surface area contributed by atoms with Crippen LogP contribution in [0.4, 0.5) is 5.88 Å². The first-order valence-corrected chi connectivity index (χ1v) is 6.56. The summed E-state index contributed by atoms with van der Waals surface area (Å²) in [4.78, 5) is 12.6. The third-order valence-electron chi connectivity index (χ3n) is 3.25. The Labute approximate surface area is 152 Å². The van der Waals surface area contributed by atoms with Crippen LogP contribution in [0.3, 0.4) is 0 Å². The number of aromatic nitrogens is 4. The summed E-state index contributed by atoms with van der Waals surface area (Å²) in [5.74, 6) is 0.800. The van der Waals surface area contributed by atoms with Crippen molar-refractivity contribution in [2.75, 3.05) is 11.9 Å². The molecule has 22 heavy (non-hydrogen) atoms. The molecule has 0 spiro atoms. The second-order valence-electron chi connectivity index (χ2n) is 4.53. The van der Waals surface area contributed by atoms with E-state index in [1.807, 2.05) is 6.08 Å². The molecule has 0 bridgehead atoms. The Morgan fingerprint density at radius 1 is 1.36 bits per heavy atom. The fourth-order valence-electron chi connectivity index (χ4n) is 2.30. The Morgan fingerprint density at radius 2 is 2.23 bits per heavy atom. The molecule has 2 aromatic heterocycles. The van der Waals surface area contributed by atoms with Gasteiger partial charge in [0.1, 0.15) is 0 Å². The van der Waals surface area contributed by atoms with Crippen LogP contribution >= 0.6 is 11.6 Å². The van der Waals surface area contributed by atoms with Gasteiger partial charge in [0.2, 0.25) is 17.1 Å². The van der Waals surface area contributed by atoms with E-state index >= 15 is 0 Å². The summed E-state index contributed by atoms with van der Waals surface area (Å²) in [7, 11) is 0. The molecular formula is C13H9ClN5NaO2. The van der Waals surface area contributed by atoms with Crippen molar-refractivity contribution in [1.29, 1.82) is 0 Å². The summed E-state index contributed by atoms with van der Waals surface area (Å²) < 4.78 is 5.71. The molecule has 0 aliphatic carbocycles. The zero-order chi connectivity index (χ0) is 14.4. The third kappa shape index (κ3) is 2.36. The van der Waals surface area contributed by atoms with Gasteiger partial charge in [0.15, 0.2) is 5.58 Å². The topological polar surface area (TPSA) is 96.7 Å². The smallest absolute Gasteiger partial charge is 1.00 e. The van der Waals surface area contributed by atoms with E-state index < -0.39 is 0 Å². The number of fused-ring (bicyclic) bond motifs is 2. The fraction of sp³-hybridized carbons (Fsp3) is 0.0769. The van der Waals surface area contributed by atoms with Crippen LogP contribution in [0, 0.1) is 0 Å². The molecule has 3 aromatic rings. The van der Waals surface area contributed by atoms with Crippen LogP contribution in [-0.2, 0) is 0 Å². The minimum atomic E-state index is -0.151. The van der Waals surface area contributed by atoms with E-state index in [1.54, 1.807) is 18.2 Å². The second kappa shape index (κ2) is 5.85. The summed E-state index contributed by atoms with van der Waals surface area (Å²) in [5.41, 5.74) is 1.27. The predicted molar refractivity (Wildman–Crippen MR) is 79.3 cm³/mol. The van der Waals surface area contributed by atoms with Gasteiger partial charge >= 0.3 is 29.6 Å². The van der Waals surface area contributed by atoms with Crippen LogP contribution < -0.4 is 40.3 Å². The standard InChI is InChI=1S/C13H8ClN5O2.Na.H/c14-9-5-6(12-16-18-19-17-12)4-8-10(20)7-2-1-3-15-13(7)21-11(8)9;;/h1-2,4-5,15H,3H2,(H,16,17,18,19);;/q;+1;-1. The van der Waals surface area contributed by atoms with E-state index in [0.717, 1.165) is 0 Å². The van der Waals surface area contributed by atoms with E-state index in [1.165, 1.54) is 0 Å². The first-order chi connectivity index (χ1) is 10.2. The Morgan fingerprint density at radius 3 is 3.00 bits per heavy atom. The minimum Gasteiger partial charge on any atom is -1.00 e. The average molecular weight is 326 g/mol. The number of hydrogen-bond donors (Lipinski definition) is 2. The number of benzene rings is 1. The third-order valence-corrected chi connectivity index (χ3v) is 3.53. The first-order valence-electron chi connectivity index (χ1n) is 6.18.